The third-order valence-electron chi connectivity index (χ3n) is 2.35. The smallest absolute Gasteiger partial charge is 0.397 e. The van der Waals surface area contributed by atoms with Crippen LogP contribution in [0.4, 0.5) is 0 Å². The first kappa shape index (κ1) is 15.1. The molecule has 1 aromatic rings. The molecule has 0 unspecified atom stereocenters. The van der Waals surface area contributed by atoms with Crippen LogP contribution >= 0.6 is 0 Å². The van der Waals surface area contributed by atoms with Gasteiger partial charge in [-0.25, -0.2) is 4.79 Å². The molecule has 0 aromatic carbocycles. The van der Waals surface area contributed by atoms with Crippen LogP contribution in [-0.4, -0.2) is 41.0 Å². The van der Waals surface area contributed by atoms with Crippen LogP contribution in [0.3, 0.4) is 0 Å². The number of likely N-dealkylation sites (N-methyl/N-ethyl adjacent to an activating group) is 1. The Balaban J connectivity index is 2.47. The number of ether oxygens (including phenoxy) is 1. The first-order chi connectivity index (χ1) is 8.79. The average Bonchev–Trinajstić information content (AvgIpc) is 2.34. The van der Waals surface area contributed by atoms with E-state index in [0.29, 0.717) is 13.0 Å². The standard InChI is InChI=1S/C14H20N2O3/c1-14(2,3)19-13(18)12(17)16(4)10-8-11-7-5-6-9-15-11/h5-7,9H,8,10H2,1-4H3. The number of hydrogen-bond donors (Lipinski definition) is 0. The summed E-state index contributed by atoms with van der Waals surface area (Å²) in [6.07, 6.45) is 2.30. The molecule has 0 aliphatic rings. The predicted octanol–water partition coefficient (Wildman–Crippen LogP) is 1.42. The van der Waals surface area contributed by atoms with Crippen molar-refractivity contribution in [2.24, 2.45) is 0 Å². The van der Waals surface area contributed by atoms with Crippen molar-refractivity contribution >= 4 is 11.9 Å². The number of pyridine rings is 1. The zero-order valence-corrected chi connectivity index (χ0v) is 11.8. The van der Waals surface area contributed by atoms with Crippen molar-refractivity contribution in [2.75, 3.05) is 13.6 Å². The molecule has 0 N–H and O–H groups in total. The monoisotopic (exact) mass is 264 g/mol. The molecule has 0 fully saturated rings. The zero-order valence-electron chi connectivity index (χ0n) is 11.8. The molecule has 0 saturated heterocycles. The van der Waals surface area contributed by atoms with Crippen molar-refractivity contribution in [2.45, 2.75) is 32.8 Å². The van der Waals surface area contributed by atoms with Gasteiger partial charge in [-0.3, -0.25) is 9.78 Å². The van der Waals surface area contributed by atoms with Gasteiger partial charge in [0.15, 0.2) is 0 Å². The van der Waals surface area contributed by atoms with Gasteiger partial charge in [-0.2, -0.15) is 0 Å². The van der Waals surface area contributed by atoms with Crippen molar-refractivity contribution in [3.8, 4) is 0 Å². The molecule has 104 valence electrons. The van der Waals surface area contributed by atoms with Crippen LogP contribution in [0.1, 0.15) is 26.5 Å². The molecule has 0 atom stereocenters. The van der Waals surface area contributed by atoms with E-state index in [2.05, 4.69) is 4.98 Å². The molecular formula is C14H20N2O3. The van der Waals surface area contributed by atoms with Crippen molar-refractivity contribution in [3.05, 3.63) is 30.1 Å². The summed E-state index contributed by atoms with van der Waals surface area (Å²) in [5, 5.41) is 0. The molecule has 1 aromatic heterocycles. The third-order valence-corrected chi connectivity index (χ3v) is 2.35. The molecule has 5 nitrogen and oxygen atoms in total. The molecule has 0 bridgehead atoms. The molecule has 0 saturated carbocycles. The average molecular weight is 264 g/mol. The topological polar surface area (TPSA) is 59.5 Å². The minimum absolute atomic E-state index is 0.426. The van der Waals surface area contributed by atoms with Gasteiger partial charge in [0.25, 0.3) is 0 Å². The summed E-state index contributed by atoms with van der Waals surface area (Å²) in [5.74, 6) is -1.46. The van der Waals surface area contributed by atoms with E-state index >= 15 is 0 Å². The quantitative estimate of drug-likeness (QED) is 0.612. The second kappa shape index (κ2) is 6.31. The van der Waals surface area contributed by atoms with Crippen molar-refractivity contribution in [1.82, 2.24) is 9.88 Å². The Morgan fingerprint density at radius 2 is 2.00 bits per heavy atom. The highest BCUT2D eigenvalue weighted by Gasteiger charge is 2.25. The lowest BCUT2D eigenvalue weighted by molar-refractivity contribution is -0.167. The highest BCUT2D eigenvalue weighted by Crippen LogP contribution is 2.08. The normalized spacial score (nSPS) is 10.9. The Morgan fingerprint density at radius 3 is 2.53 bits per heavy atom. The largest absolute Gasteiger partial charge is 0.453 e. The summed E-state index contributed by atoms with van der Waals surface area (Å²) in [7, 11) is 1.58. The van der Waals surface area contributed by atoms with E-state index in [0.717, 1.165) is 5.69 Å². The van der Waals surface area contributed by atoms with Crippen molar-refractivity contribution in [1.29, 1.82) is 0 Å². The number of esters is 1. The molecule has 0 aliphatic heterocycles. The second-order valence-corrected chi connectivity index (χ2v) is 5.30. The number of nitrogens with zero attached hydrogens (tertiary/aromatic N) is 2. The Morgan fingerprint density at radius 1 is 1.32 bits per heavy atom. The maximum atomic E-state index is 11.8. The maximum absolute atomic E-state index is 11.8. The summed E-state index contributed by atoms with van der Waals surface area (Å²) in [5.41, 5.74) is 0.223. The lowest BCUT2D eigenvalue weighted by Gasteiger charge is -2.21. The molecule has 0 spiro atoms. The Bertz CT molecular complexity index is 438. The van der Waals surface area contributed by atoms with E-state index in [1.54, 1.807) is 34.0 Å². The number of carbonyl (C=O) groups is 2. The predicted molar refractivity (Wildman–Crippen MR) is 71.4 cm³/mol. The van der Waals surface area contributed by atoms with Crippen LogP contribution in [0.5, 0.6) is 0 Å². The second-order valence-electron chi connectivity index (χ2n) is 5.30. The lowest BCUT2D eigenvalue weighted by atomic mass is 10.2. The Kier molecular flexibility index (Phi) is 5.03. The fourth-order valence-corrected chi connectivity index (χ4v) is 1.41. The third kappa shape index (κ3) is 5.50. The highest BCUT2D eigenvalue weighted by molar-refractivity contribution is 6.32. The van der Waals surface area contributed by atoms with E-state index in [1.807, 2.05) is 18.2 Å². The lowest BCUT2D eigenvalue weighted by Crippen LogP contribution is -2.39. The first-order valence-corrected chi connectivity index (χ1v) is 6.18. The summed E-state index contributed by atoms with van der Waals surface area (Å²) in [6.45, 7) is 5.61. The van der Waals surface area contributed by atoms with Crippen LogP contribution in [0.2, 0.25) is 0 Å². The van der Waals surface area contributed by atoms with Crippen LogP contribution in [-0.2, 0) is 20.7 Å². The number of hydrogen-bond acceptors (Lipinski definition) is 4. The Hall–Kier alpha value is -1.91. The van der Waals surface area contributed by atoms with E-state index in [4.69, 9.17) is 4.74 Å². The fourth-order valence-electron chi connectivity index (χ4n) is 1.41. The number of aromatic nitrogens is 1. The van der Waals surface area contributed by atoms with Crippen LogP contribution in [0.25, 0.3) is 0 Å². The number of carbonyl (C=O) groups excluding carboxylic acids is 2. The van der Waals surface area contributed by atoms with Crippen LogP contribution in [0.15, 0.2) is 24.4 Å². The van der Waals surface area contributed by atoms with E-state index in [-0.39, 0.29) is 0 Å². The van der Waals surface area contributed by atoms with Gasteiger partial charge < -0.3 is 9.64 Å². The molecule has 0 aliphatic carbocycles. The maximum Gasteiger partial charge on any atom is 0.397 e. The zero-order chi connectivity index (χ0) is 14.5. The number of rotatable bonds is 3. The van der Waals surface area contributed by atoms with E-state index in [1.165, 1.54) is 4.90 Å². The van der Waals surface area contributed by atoms with E-state index in [9.17, 15) is 9.59 Å². The number of amides is 1. The van der Waals surface area contributed by atoms with Crippen molar-refractivity contribution in [3.63, 3.8) is 0 Å². The molecule has 5 heteroatoms. The van der Waals surface area contributed by atoms with Crippen LogP contribution in [0, 0.1) is 0 Å². The molecular weight excluding hydrogens is 244 g/mol. The Labute approximate surface area is 113 Å². The summed E-state index contributed by atoms with van der Waals surface area (Å²) in [4.78, 5) is 28.9. The SMILES string of the molecule is CN(CCc1ccccn1)C(=O)C(=O)OC(C)(C)C. The van der Waals surface area contributed by atoms with E-state index < -0.39 is 17.5 Å². The van der Waals surface area contributed by atoms with Crippen molar-refractivity contribution < 1.29 is 14.3 Å². The summed E-state index contributed by atoms with van der Waals surface area (Å²) < 4.78 is 5.03. The summed E-state index contributed by atoms with van der Waals surface area (Å²) >= 11 is 0. The fraction of sp³-hybridized carbons (Fsp3) is 0.500. The van der Waals surface area contributed by atoms with Gasteiger partial charge in [-0.1, -0.05) is 6.07 Å². The summed E-state index contributed by atoms with van der Waals surface area (Å²) in [6, 6.07) is 5.60. The van der Waals surface area contributed by atoms with Gasteiger partial charge in [-0.15, -0.1) is 0 Å². The first-order valence-electron chi connectivity index (χ1n) is 6.18. The molecule has 19 heavy (non-hydrogen) atoms. The molecule has 0 radical (unpaired) electrons. The molecule has 1 rings (SSSR count). The molecule has 1 heterocycles. The van der Waals surface area contributed by atoms with Gasteiger partial charge in [-0.05, 0) is 32.9 Å². The van der Waals surface area contributed by atoms with Gasteiger partial charge in [0, 0.05) is 31.9 Å². The van der Waals surface area contributed by atoms with Gasteiger partial charge >= 0.3 is 11.9 Å². The minimum atomic E-state index is -0.823. The molecule has 1 amide bonds. The van der Waals surface area contributed by atoms with Gasteiger partial charge in [0.05, 0.1) is 0 Å². The highest BCUT2D eigenvalue weighted by atomic mass is 16.6. The van der Waals surface area contributed by atoms with Crippen LogP contribution < -0.4 is 0 Å². The van der Waals surface area contributed by atoms with Gasteiger partial charge in [0.1, 0.15) is 5.60 Å². The van der Waals surface area contributed by atoms with Gasteiger partial charge in [0.2, 0.25) is 0 Å². The minimum Gasteiger partial charge on any atom is -0.453 e.